The molecule has 1 atom stereocenters. The van der Waals surface area contributed by atoms with E-state index in [1.54, 1.807) is 0 Å². The molecule has 0 aliphatic heterocycles. The van der Waals surface area contributed by atoms with Gasteiger partial charge in [-0.25, -0.2) is 0 Å². The number of hydrogen-bond acceptors (Lipinski definition) is 5. The summed E-state index contributed by atoms with van der Waals surface area (Å²) in [6.45, 7) is 5.17. The van der Waals surface area contributed by atoms with Crippen LogP contribution in [-0.2, 0) is 14.3 Å². The first-order valence-electron chi connectivity index (χ1n) is 6.38. The fourth-order valence-electron chi connectivity index (χ4n) is 1.17. The third-order valence-corrected chi connectivity index (χ3v) is 3.21. The number of hydrogen-bond donors (Lipinski definition) is 3. The minimum Gasteiger partial charge on any atom is -0.480 e. The molecular formula is C12H24N2O4S. The highest BCUT2D eigenvalue weighted by Gasteiger charge is 2.10. The van der Waals surface area contributed by atoms with Crippen molar-refractivity contribution in [3.63, 3.8) is 0 Å². The second-order valence-corrected chi connectivity index (χ2v) is 5.51. The molecule has 6 nitrogen and oxygen atoms in total. The number of ether oxygens (including phenoxy) is 1. The second-order valence-electron chi connectivity index (χ2n) is 4.41. The fourth-order valence-corrected chi connectivity index (χ4v) is 2.02. The van der Waals surface area contributed by atoms with Crippen LogP contribution in [0.1, 0.15) is 26.7 Å². The van der Waals surface area contributed by atoms with E-state index in [2.05, 4.69) is 5.32 Å². The molecule has 0 bridgehead atoms. The summed E-state index contributed by atoms with van der Waals surface area (Å²) in [5.74, 6) is -0.150. The van der Waals surface area contributed by atoms with Crippen LogP contribution < -0.4 is 11.1 Å². The minimum atomic E-state index is -1.00. The van der Waals surface area contributed by atoms with Crippen molar-refractivity contribution in [3.05, 3.63) is 0 Å². The molecule has 1 unspecified atom stereocenters. The summed E-state index contributed by atoms with van der Waals surface area (Å²) < 4.78 is 5.34. The first-order chi connectivity index (χ1) is 8.93. The molecule has 0 aromatic rings. The molecule has 0 saturated heterocycles. The van der Waals surface area contributed by atoms with Gasteiger partial charge in [0.25, 0.3) is 0 Å². The Morgan fingerprint density at radius 2 is 2.11 bits per heavy atom. The molecule has 0 spiro atoms. The quantitative estimate of drug-likeness (QED) is 0.478. The third kappa shape index (κ3) is 12.0. The Morgan fingerprint density at radius 1 is 1.42 bits per heavy atom. The average Bonchev–Trinajstić information content (AvgIpc) is 2.33. The summed E-state index contributed by atoms with van der Waals surface area (Å²) in [7, 11) is 0. The molecule has 0 aliphatic carbocycles. The zero-order valence-electron chi connectivity index (χ0n) is 11.6. The minimum absolute atomic E-state index is 0.0431. The molecule has 7 heteroatoms. The topological polar surface area (TPSA) is 102 Å². The number of carboxylic acids is 1. The van der Waals surface area contributed by atoms with Crippen molar-refractivity contribution in [2.24, 2.45) is 5.73 Å². The van der Waals surface area contributed by atoms with Gasteiger partial charge >= 0.3 is 5.97 Å². The van der Waals surface area contributed by atoms with Crippen LogP contribution in [0.15, 0.2) is 0 Å². The molecule has 0 rings (SSSR count). The Labute approximate surface area is 118 Å². The zero-order chi connectivity index (χ0) is 14.7. The predicted molar refractivity (Wildman–Crippen MR) is 76.3 cm³/mol. The van der Waals surface area contributed by atoms with Crippen molar-refractivity contribution in [1.82, 2.24) is 5.32 Å². The molecule has 112 valence electrons. The van der Waals surface area contributed by atoms with E-state index in [0.717, 1.165) is 6.42 Å². The van der Waals surface area contributed by atoms with Crippen molar-refractivity contribution >= 4 is 23.6 Å². The normalized spacial score (nSPS) is 12.4. The van der Waals surface area contributed by atoms with E-state index in [4.69, 9.17) is 15.6 Å². The summed E-state index contributed by atoms with van der Waals surface area (Å²) in [5.41, 5.74) is 5.34. The van der Waals surface area contributed by atoms with E-state index < -0.39 is 12.0 Å². The van der Waals surface area contributed by atoms with Crippen LogP contribution in [0.25, 0.3) is 0 Å². The van der Waals surface area contributed by atoms with Gasteiger partial charge in [0, 0.05) is 13.2 Å². The molecule has 0 saturated carbocycles. The molecule has 4 N–H and O–H groups in total. The Balaban J connectivity index is 3.37. The highest BCUT2D eigenvalue weighted by atomic mass is 32.2. The maximum Gasteiger partial charge on any atom is 0.320 e. The van der Waals surface area contributed by atoms with Gasteiger partial charge in [-0.15, -0.1) is 0 Å². The van der Waals surface area contributed by atoms with Crippen LogP contribution in [0.5, 0.6) is 0 Å². The standard InChI is InChI=1S/C12H24N2O4S/c1-9(2)18-6-3-5-14-11(15)8-19-7-4-10(13)12(16)17/h9-10H,3-8,13H2,1-2H3,(H,14,15)(H,16,17). The van der Waals surface area contributed by atoms with E-state index >= 15 is 0 Å². The Morgan fingerprint density at radius 3 is 2.68 bits per heavy atom. The molecular weight excluding hydrogens is 268 g/mol. The highest BCUT2D eigenvalue weighted by molar-refractivity contribution is 7.99. The van der Waals surface area contributed by atoms with Crippen LogP contribution in [0, 0.1) is 0 Å². The van der Waals surface area contributed by atoms with Crippen LogP contribution in [0.3, 0.4) is 0 Å². The fraction of sp³-hybridized carbons (Fsp3) is 0.833. The van der Waals surface area contributed by atoms with E-state index in [1.165, 1.54) is 11.8 Å². The molecule has 0 aromatic carbocycles. The van der Waals surface area contributed by atoms with Gasteiger partial charge in [-0.3, -0.25) is 9.59 Å². The lowest BCUT2D eigenvalue weighted by atomic mass is 10.2. The number of nitrogens with one attached hydrogen (secondary N) is 1. The first-order valence-corrected chi connectivity index (χ1v) is 7.53. The zero-order valence-corrected chi connectivity index (χ0v) is 12.4. The van der Waals surface area contributed by atoms with E-state index in [1.807, 2.05) is 13.8 Å². The van der Waals surface area contributed by atoms with Gasteiger partial charge < -0.3 is 20.9 Å². The summed E-state index contributed by atoms with van der Waals surface area (Å²) in [6.07, 6.45) is 1.37. The van der Waals surface area contributed by atoms with Gasteiger partial charge in [0.2, 0.25) is 5.91 Å². The van der Waals surface area contributed by atoms with Gasteiger partial charge in [-0.05, 0) is 32.4 Å². The number of carboxylic acid groups (broad SMARTS) is 1. The van der Waals surface area contributed by atoms with Gasteiger partial charge in [-0.2, -0.15) is 11.8 Å². The summed E-state index contributed by atoms with van der Waals surface area (Å²) >= 11 is 1.39. The van der Waals surface area contributed by atoms with Crippen molar-refractivity contribution < 1.29 is 19.4 Å². The van der Waals surface area contributed by atoms with Crippen LogP contribution >= 0.6 is 11.8 Å². The molecule has 0 aliphatic rings. The number of amides is 1. The summed E-state index contributed by atoms with van der Waals surface area (Å²) in [5, 5.41) is 11.4. The summed E-state index contributed by atoms with van der Waals surface area (Å²) in [4.78, 5) is 21.9. The van der Waals surface area contributed by atoms with Gasteiger partial charge in [0.1, 0.15) is 6.04 Å². The molecule has 0 aromatic heterocycles. The molecule has 1 amide bonds. The lowest BCUT2D eigenvalue weighted by molar-refractivity contribution is -0.138. The van der Waals surface area contributed by atoms with E-state index in [-0.39, 0.29) is 12.0 Å². The Kier molecular flexibility index (Phi) is 10.6. The highest BCUT2D eigenvalue weighted by Crippen LogP contribution is 2.03. The maximum absolute atomic E-state index is 11.4. The number of carbonyl (C=O) groups is 2. The lowest BCUT2D eigenvalue weighted by Crippen LogP contribution is -2.31. The average molecular weight is 292 g/mol. The SMILES string of the molecule is CC(C)OCCCNC(=O)CSCCC(N)C(=O)O. The largest absolute Gasteiger partial charge is 0.480 e. The number of thioether (sulfide) groups is 1. The second kappa shape index (κ2) is 11.1. The lowest BCUT2D eigenvalue weighted by Gasteiger charge is -2.08. The van der Waals surface area contributed by atoms with E-state index in [0.29, 0.717) is 31.1 Å². The van der Waals surface area contributed by atoms with E-state index in [9.17, 15) is 9.59 Å². The predicted octanol–water partition coefficient (Wildman–Crippen LogP) is 0.453. The van der Waals surface area contributed by atoms with Crippen molar-refractivity contribution in [2.45, 2.75) is 38.8 Å². The van der Waals surface area contributed by atoms with Crippen molar-refractivity contribution in [1.29, 1.82) is 0 Å². The molecule has 0 fully saturated rings. The monoisotopic (exact) mass is 292 g/mol. The first kappa shape index (κ1) is 18.2. The van der Waals surface area contributed by atoms with Gasteiger partial charge in [0.05, 0.1) is 11.9 Å². The Hall–Kier alpha value is -0.790. The smallest absolute Gasteiger partial charge is 0.320 e. The molecule has 19 heavy (non-hydrogen) atoms. The van der Waals surface area contributed by atoms with Crippen molar-refractivity contribution in [2.75, 3.05) is 24.7 Å². The number of nitrogens with two attached hydrogens (primary N) is 1. The maximum atomic E-state index is 11.4. The third-order valence-electron chi connectivity index (χ3n) is 2.22. The van der Waals surface area contributed by atoms with Crippen LogP contribution in [-0.4, -0.2) is 53.8 Å². The van der Waals surface area contributed by atoms with Gasteiger partial charge in [0.15, 0.2) is 0 Å². The number of aliphatic carboxylic acids is 1. The van der Waals surface area contributed by atoms with Gasteiger partial charge in [-0.1, -0.05) is 0 Å². The Bertz CT molecular complexity index is 274. The van der Waals surface area contributed by atoms with Crippen LogP contribution in [0.4, 0.5) is 0 Å². The van der Waals surface area contributed by atoms with Crippen LogP contribution in [0.2, 0.25) is 0 Å². The number of rotatable bonds is 11. The summed E-state index contributed by atoms with van der Waals surface area (Å²) in [6, 6.07) is -0.844. The number of carbonyl (C=O) groups excluding carboxylic acids is 1. The molecule has 0 heterocycles. The van der Waals surface area contributed by atoms with Crippen molar-refractivity contribution in [3.8, 4) is 0 Å². The molecule has 0 radical (unpaired) electrons.